The first-order valence-corrected chi connectivity index (χ1v) is 9.97. The Balaban J connectivity index is 1.60. The minimum absolute atomic E-state index is 0.00778. The minimum atomic E-state index is -0.593. The van der Waals surface area contributed by atoms with Crippen molar-refractivity contribution < 1.29 is 18.8 Å². The highest BCUT2D eigenvalue weighted by molar-refractivity contribution is 6.30. The highest BCUT2D eigenvalue weighted by Gasteiger charge is 2.32. The van der Waals surface area contributed by atoms with E-state index in [1.54, 1.807) is 17.0 Å². The molecule has 0 saturated carbocycles. The van der Waals surface area contributed by atoms with Crippen LogP contribution in [0.1, 0.15) is 19.4 Å². The fourth-order valence-electron chi connectivity index (χ4n) is 3.57. The number of amides is 1. The molecule has 9 heteroatoms. The van der Waals surface area contributed by atoms with Crippen LogP contribution < -0.4 is 4.74 Å². The largest absolute Gasteiger partial charge is 0.477 e. The lowest BCUT2D eigenvalue weighted by Gasteiger charge is -2.44. The third-order valence-electron chi connectivity index (χ3n) is 5.20. The van der Waals surface area contributed by atoms with E-state index in [4.69, 9.17) is 16.3 Å². The first-order chi connectivity index (χ1) is 14.2. The van der Waals surface area contributed by atoms with Gasteiger partial charge in [-0.05, 0) is 43.7 Å². The third-order valence-corrected chi connectivity index (χ3v) is 5.44. The quantitative estimate of drug-likeness (QED) is 0.508. The summed E-state index contributed by atoms with van der Waals surface area (Å²) in [6.45, 7) is 5.52. The van der Waals surface area contributed by atoms with E-state index in [0.717, 1.165) is 5.56 Å². The summed E-state index contributed by atoms with van der Waals surface area (Å²) in [5.41, 5.74) is 0.731. The summed E-state index contributed by atoms with van der Waals surface area (Å²) in [5, 5.41) is 11.4. The van der Waals surface area contributed by atoms with Gasteiger partial charge in [0.25, 0.3) is 5.91 Å². The molecule has 1 aliphatic heterocycles. The van der Waals surface area contributed by atoms with Crippen molar-refractivity contribution in [2.24, 2.45) is 0 Å². The first-order valence-electron chi connectivity index (χ1n) is 9.59. The number of nitro benzene ring substituents is 1. The summed E-state index contributed by atoms with van der Waals surface area (Å²) in [5.74, 6) is -0.495. The maximum atomic E-state index is 13.1. The number of hydrogen-bond donors (Lipinski definition) is 0. The molecule has 3 rings (SSSR count). The Hall–Kier alpha value is -2.71. The zero-order valence-corrected chi connectivity index (χ0v) is 17.5. The zero-order valence-electron chi connectivity index (χ0n) is 16.8. The number of halogens is 2. The number of nitrogens with zero attached hydrogens (tertiary/aromatic N) is 3. The van der Waals surface area contributed by atoms with E-state index in [1.165, 1.54) is 30.3 Å². The van der Waals surface area contributed by atoms with Gasteiger partial charge in [-0.3, -0.25) is 19.8 Å². The van der Waals surface area contributed by atoms with E-state index in [0.29, 0.717) is 19.6 Å². The maximum Gasteiger partial charge on any atom is 0.312 e. The number of piperazine rings is 1. The second kappa shape index (κ2) is 9.40. The molecular formula is C21H23ClFN3O4. The van der Waals surface area contributed by atoms with Gasteiger partial charge < -0.3 is 9.64 Å². The number of carbonyl (C=O) groups is 1. The van der Waals surface area contributed by atoms with Crippen molar-refractivity contribution in [3.05, 3.63) is 69.0 Å². The van der Waals surface area contributed by atoms with Crippen molar-refractivity contribution in [1.29, 1.82) is 0 Å². The predicted octanol–water partition coefficient (Wildman–Crippen LogP) is 3.89. The Morgan fingerprint density at radius 3 is 2.57 bits per heavy atom. The minimum Gasteiger partial charge on any atom is -0.477 e. The molecule has 0 spiro atoms. The van der Waals surface area contributed by atoms with Gasteiger partial charge in [0.15, 0.2) is 12.4 Å². The van der Waals surface area contributed by atoms with Gasteiger partial charge in [-0.15, -0.1) is 0 Å². The lowest BCUT2D eigenvalue weighted by Crippen LogP contribution is -2.58. The van der Waals surface area contributed by atoms with Gasteiger partial charge in [0, 0.05) is 42.8 Å². The van der Waals surface area contributed by atoms with Crippen molar-refractivity contribution in [3.63, 3.8) is 0 Å². The van der Waals surface area contributed by atoms with Crippen LogP contribution in [0, 0.1) is 15.9 Å². The van der Waals surface area contributed by atoms with Crippen molar-refractivity contribution in [2.45, 2.75) is 32.5 Å². The van der Waals surface area contributed by atoms with Crippen molar-refractivity contribution in [1.82, 2.24) is 9.80 Å². The van der Waals surface area contributed by atoms with Crippen LogP contribution in [0.15, 0.2) is 42.5 Å². The van der Waals surface area contributed by atoms with Gasteiger partial charge in [0.2, 0.25) is 0 Å². The second-order valence-electron chi connectivity index (χ2n) is 7.46. The molecule has 160 valence electrons. The standard InChI is InChI=1S/C21H23ClFN3O4/c1-14-11-25(15(2)10-24(14)12-16-3-6-18(23)7-4-16)21(27)13-30-20-8-5-17(22)9-19(20)26(28)29/h3-9,14-15H,10-13H2,1-2H3/t14-,15+/m0/s1. The molecule has 1 aliphatic rings. The summed E-state index contributed by atoms with van der Waals surface area (Å²) in [7, 11) is 0. The molecule has 0 N–H and O–H groups in total. The highest BCUT2D eigenvalue weighted by atomic mass is 35.5. The molecule has 0 aliphatic carbocycles. The fraction of sp³-hybridized carbons (Fsp3) is 0.381. The van der Waals surface area contributed by atoms with Gasteiger partial charge in [-0.25, -0.2) is 4.39 Å². The summed E-state index contributed by atoms with van der Waals surface area (Å²) >= 11 is 5.80. The van der Waals surface area contributed by atoms with E-state index in [1.807, 2.05) is 13.8 Å². The van der Waals surface area contributed by atoms with Crippen LogP contribution in [-0.2, 0) is 11.3 Å². The molecule has 0 bridgehead atoms. The van der Waals surface area contributed by atoms with Gasteiger partial charge >= 0.3 is 5.69 Å². The molecule has 0 aromatic heterocycles. The smallest absolute Gasteiger partial charge is 0.312 e. The van der Waals surface area contributed by atoms with E-state index in [9.17, 15) is 19.3 Å². The van der Waals surface area contributed by atoms with Gasteiger partial charge in [0.05, 0.1) is 4.92 Å². The Labute approximate surface area is 179 Å². The average molecular weight is 436 g/mol. The van der Waals surface area contributed by atoms with Crippen LogP contribution in [0.4, 0.5) is 10.1 Å². The van der Waals surface area contributed by atoms with Gasteiger partial charge in [0.1, 0.15) is 5.82 Å². The molecular weight excluding hydrogens is 413 g/mol. The van der Waals surface area contributed by atoms with E-state index in [-0.39, 0.29) is 46.9 Å². The molecule has 1 saturated heterocycles. The normalized spacial score (nSPS) is 19.5. The van der Waals surface area contributed by atoms with Crippen LogP contribution >= 0.6 is 11.6 Å². The summed E-state index contributed by atoms with van der Waals surface area (Å²) < 4.78 is 18.6. The predicted molar refractivity (Wildman–Crippen MR) is 111 cm³/mol. The Morgan fingerprint density at radius 2 is 1.90 bits per heavy atom. The first kappa shape index (κ1) is 22.0. The molecule has 1 amide bonds. The van der Waals surface area contributed by atoms with Crippen LogP contribution in [0.25, 0.3) is 0 Å². The molecule has 2 aromatic carbocycles. The lowest BCUT2D eigenvalue weighted by molar-refractivity contribution is -0.385. The molecule has 30 heavy (non-hydrogen) atoms. The highest BCUT2D eigenvalue weighted by Crippen LogP contribution is 2.30. The molecule has 7 nitrogen and oxygen atoms in total. The number of ether oxygens (including phenoxy) is 1. The van der Waals surface area contributed by atoms with Crippen molar-refractivity contribution in [2.75, 3.05) is 19.7 Å². The molecule has 2 aromatic rings. The Kier molecular flexibility index (Phi) is 6.89. The van der Waals surface area contributed by atoms with Crippen molar-refractivity contribution in [3.8, 4) is 5.75 Å². The van der Waals surface area contributed by atoms with Crippen LogP contribution in [-0.4, -0.2) is 52.4 Å². The fourth-order valence-corrected chi connectivity index (χ4v) is 3.73. The van der Waals surface area contributed by atoms with E-state index < -0.39 is 4.92 Å². The average Bonchev–Trinajstić information content (AvgIpc) is 2.70. The number of nitro groups is 1. The van der Waals surface area contributed by atoms with E-state index in [2.05, 4.69) is 4.90 Å². The number of carbonyl (C=O) groups excluding carboxylic acids is 1. The Morgan fingerprint density at radius 1 is 1.20 bits per heavy atom. The van der Waals surface area contributed by atoms with Crippen LogP contribution in [0.2, 0.25) is 5.02 Å². The zero-order chi connectivity index (χ0) is 21.8. The number of rotatable bonds is 6. The second-order valence-corrected chi connectivity index (χ2v) is 7.89. The third kappa shape index (κ3) is 5.25. The molecule has 0 radical (unpaired) electrons. The summed E-state index contributed by atoms with van der Waals surface area (Å²) in [6, 6.07) is 10.5. The Bertz CT molecular complexity index is 925. The summed E-state index contributed by atoms with van der Waals surface area (Å²) in [4.78, 5) is 27.3. The molecule has 2 atom stereocenters. The lowest BCUT2D eigenvalue weighted by atomic mass is 10.1. The molecule has 0 unspecified atom stereocenters. The number of benzene rings is 2. The summed E-state index contributed by atoms with van der Waals surface area (Å²) in [6.07, 6.45) is 0. The maximum absolute atomic E-state index is 13.1. The van der Waals surface area contributed by atoms with Gasteiger partial charge in [-0.1, -0.05) is 23.7 Å². The molecule has 1 heterocycles. The molecule has 1 fully saturated rings. The van der Waals surface area contributed by atoms with Crippen LogP contribution in [0.3, 0.4) is 0 Å². The van der Waals surface area contributed by atoms with Crippen LogP contribution in [0.5, 0.6) is 5.75 Å². The van der Waals surface area contributed by atoms with Crippen molar-refractivity contribution >= 4 is 23.2 Å². The SMILES string of the molecule is C[C@@H]1CN(Cc2ccc(F)cc2)[C@@H](C)CN1C(=O)COc1ccc(Cl)cc1[N+](=O)[O-]. The van der Waals surface area contributed by atoms with Gasteiger partial charge in [-0.2, -0.15) is 0 Å². The topological polar surface area (TPSA) is 75.9 Å². The monoisotopic (exact) mass is 435 g/mol. The number of hydrogen-bond acceptors (Lipinski definition) is 5. The van der Waals surface area contributed by atoms with E-state index >= 15 is 0 Å².